The van der Waals surface area contributed by atoms with Gasteiger partial charge in [0.1, 0.15) is 23.8 Å². The Hall–Kier alpha value is -4.42. The van der Waals surface area contributed by atoms with Gasteiger partial charge in [-0.3, -0.25) is 19.4 Å². The van der Waals surface area contributed by atoms with Gasteiger partial charge in [0.15, 0.2) is 5.70 Å². The topological polar surface area (TPSA) is 153 Å². The van der Waals surface area contributed by atoms with Crippen LogP contribution in [-0.4, -0.2) is 57.9 Å². The van der Waals surface area contributed by atoms with Crippen LogP contribution in [0, 0.1) is 5.92 Å². The van der Waals surface area contributed by atoms with E-state index in [1.54, 1.807) is 30.3 Å². The molecule has 0 fully saturated rings. The van der Waals surface area contributed by atoms with Crippen molar-refractivity contribution in [1.82, 2.24) is 20.3 Å². The molecule has 2 aliphatic heterocycles. The minimum Gasteiger partial charge on any atom is -0.342 e. The van der Waals surface area contributed by atoms with E-state index in [-0.39, 0.29) is 36.3 Å². The molecule has 1 aromatic heterocycles. The standard InChI is InChI=1S/C24H19Cl2N9O3/c25-6-7-35-24(38)17-10-27-21(20(17)33-34-35)23(37)28-11-19(36)31-15-4-5-18-16(9-15)22(30-12-29-18)32-14-3-1-2-13(26)8-14/h1-5,8-10,12,17H,6-7,11H2,(H,28,37)(H,31,36)(H,29,30,32). The van der Waals surface area contributed by atoms with Gasteiger partial charge >= 0.3 is 0 Å². The Balaban J connectivity index is 1.25. The number of aromatic nitrogens is 2. The van der Waals surface area contributed by atoms with Crippen LogP contribution in [0.3, 0.4) is 0 Å². The molecule has 3 aromatic rings. The molecule has 38 heavy (non-hydrogen) atoms. The van der Waals surface area contributed by atoms with Crippen molar-refractivity contribution in [2.45, 2.75) is 0 Å². The normalized spacial score (nSPS) is 16.1. The van der Waals surface area contributed by atoms with Crippen LogP contribution in [0.25, 0.3) is 10.9 Å². The average Bonchev–Trinajstić information content (AvgIpc) is 3.34. The summed E-state index contributed by atoms with van der Waals surface area (Å²) in [6.07, 6.45) is 2.77. The average molecular weight is 552 g/mol. The second-order valence-electron chi connectivity index (χ2n) is 8.15. The van der Waals surface area contributed by atoms with Gasteiger partial charge in [-0.1, -0.05) is 22.9 Å². The Morgan fingerprint density at radius 3 is 2.76 bits per heavy atom. The highest BCUT2D eigenvalue weighted by atomic mass is 35.5. The fourth-order valence-corrected chi connectivity index (χ4v) is 4.18. The first-order chi connectivity index (χ1) is 18.4. The summed E-state index contributed by atoms with van der Waals surface area (Å²) in [6.45, 7) is -0.140. The molecule has 12 nitrogen and oxygen atoms in total. The number of nitrogens with zero attached hydrogens (tertiary/aromatic N) is 6. The number of carbonyl (C=O) groups excluding carboxylic acids is 3. The van der Waals surface area contributed by atoms with E-state index in [4.69, 9.17) is 23.2 Å². The van der Waals surface area contributed by atoms with E-state index >= 15 is 0 Å². The van der Waals surface area contributed by atoms with E-state index in [0.29, 0.717) is 27.4 Å². The fourth-order valence-electron chi connectivity index (χ4n) is 3.83. The van der Waals surface area contributed by atoms with Gasteiger partial charge in [0, 0.05) is 33.9 Å². The van der Waals surface area contributed by atoms with Crippen LogP contribution < -0.4 is 16.0 Å². The monoisotopic (exact) mass is 551 g/mol. The summed E-state index contributed by atoms with van der Waals surface area (Å²) in [5.41, 5.74) is 1.96. The summed E-state index contributed by atoms with van der Waals surface area (Å²) in [5.74, 6) is -1.57. The first kappa shape index (κ1) is 25.2. The zero-order valence-electron chi connectivity index (χ0n) is 19.6. The molecule has 1 atom stereocenters. The van der Waals surface area contributed by atoms with Gasteiger partial charge in [-0.05, 0) is 36.4 Å². The molecule has 14 heteroatoms. The highest BCUT2D eigenvalue weighted by molar-refractivity contribution is 6.30. The van der Waals surface area contributed by atoms with Crippen molar-refractivity contribution in [3.8, 4) is 0 Å². The van der Waals surface area contributed by atoms with Gasteiger partial charge in [0.05, 0.1) is 18.6 Å². The lowest BCUT2D eigenvalue weighted by molar-refractivity contribution is -0.133. The largest absolute Gasteiger partial charge is 0.342 e. The summed E-state index contributed by atoms with van der Waals surface area (Å²) in [4.78, 5) is 50.2. The summed E-state index contributed by atoms with van der Waals surface area (Å²) in [6, 6.07) is 12.3. The van der Waals surface area contributed by atoms with Crippen molar-refractivity contribution in [2.24, 2.45) is 21.2 Å². The number of halogens is 2. The number of hydrogen-bond acceptors (Lipinski definition) is 9. The summed E-state index contributed by atoms with van der Waals surface area (Å²) in [7, 11) is 0. The Labute approximate surface area is 225 Å². The van der Waals surface area contributed by atoms with Crippen LogP contribution in [0.2, 0.25) is 5.02 Å². The fraction of sp³-hybridized carbons (Fsp3) is 0.167. The van der Waals surface area contributed by atoms with Crippen molar-refractivity contribution < 1.29 is 14.4 Å². The van der Waals surface area contributed by atoms with E-state index in [1.807, 2.05) is 12.1 Å². The number of aliphatic imine (C=N–C) groups is 1. The molecule has 3 amide bonds. The van der Waals surface area contributed by atoms with Gasteiger partial charge in [0.25, 0.3) is 11.8 Å². The van der Waals surface area contributed by atoms with Crippen molar-refractivity contribution >= 4 is 75.2 Å². The molecule has 2 aromatic carbocycles. The molecule has 192 valence electrons. The molecule has 3 N–H and O–H groups in total. The number of rotatable bonds is 8. The van der Waals surface area contributed by atoms with E-state index < -0.39 is 17.7 Å². The SMILES string of the molecule is O=C(CNC(=O)C1=C2N=NN(CCCl)C(=O)C2C=N1)Nc1ccc2ncnc(Nc3cccc(Cl)c3)c2c1. The first-order valence-electron chi connectivity index (χ1n) is 11.4. The predicted molar refractivity (Wildman–Crippen MR) is 142 cm³/mol. The molecule has 2 aliphatic rings. The van der Waals surface area contributed by atoms with Crippen molar-refractivity contribution in [2.75, 3.05) is 29.6 Å². The highest BCUT2D eigenvalue weighted by Gasteiger charge is 2.37. The van der Waals surface area contributed by atoms with Crippen molar-refractivity contribution in [1.29, 1.82) is 0 Å². The minimum absolute atomic E-state index is 0.0648. The van der Waals surface area contributed by atoms with Gasteiger partial charge < -0.3 is 16.0 Å². The molecule has 1 unspecified atom stereocenters. The summed E-state index contributed by atoms with van der Waals surface area (Å²) >= 11 is 11.7. The number of alkyl halides is 1. The van der Waals surface area contributed by atoms with Gasteiger partial charge in [-0.2, -0.15) is 0 Å². The van der Waals surface area contributed by atoms with Gasteiger partial charge in [0.2, 0.25) is 5.91 Å². The Bertz CT molecular complexity index is 1540. The van der Waals surface area contributed by atoms with Crippen LogP contribution >= 0.6 is 23.2 Å². The number of hydrogen-bond donors (Lipinski definition) is 3. The molecular formula is C24H19Cl2N9O3. The number of anilines is 3. The second-order valence-corrected chi connectivity index (χ2v) is 8.96. The predicted octanol–water partition coefficient (Wildman–Crippen LogP) is 3.44. The van der Waals surface area contributed by atoms with E-state index in [2.05, 4.69) is 41.2 Å². The van der Waals surface area contributed by atoms with E-state index in [1.165, 1.54) is 12.5 Å². The molecule has 0 radical (unpaired) electrons. The molecule has 0 saturated carbocycles. The zero-order valence-corrected chi connectivity index (χ0v) is 21.1. The summed E-state index contributed by atoms with van der Waals surface area (Å²) in [5, 5.41) is 18.6. The van der Waals surface area contributed by atoms with Crippen LogP contribution in [-0.2, 0) is 14.4 Å². The molecule has 0 aliphatic carbocycles. The summed E-state index contributed by atoms with van der Waals surface area (Å²) < 4.78 is 0. The first-order valence-corrected chi connectivity index (χ1v) is 12.3. The van der Waals surface area contributed by atoms with E-state index in [0.717, 1.165) is 10.7 Å². The maximum Gasteiger partial charge on any atom is 0.272 e. The minimum atomic E-state index is -0.806. The quantitative estimate of drug-likeness (QED) is 0.364. The lowest BCUT2D eigenvalue weighted by atomic mass is 10.1. The number of nitrogens with one attached hydrogen (secondary N) is 3. The van der Waals surface area contributed by atoms with Crippen molar-refractivity contribution in [3.63, 3.8) is 0 Å². The third-order valence-electron chi connectivity index (χ3n) is 5.60. The molecule has 0 saturated heterocycles. The molecule has 3 heterocycles. The Morgan fingerprint density at radius 1 is 1.08 bits per heavy atom. The van der Waals surface area contributed by atoms with Crippen LogP contribution in [0.4, 0.5) is 17.2 Å². The third-order valence-corrected chi connectivity index (χ3v) is 6.00. The highest BCUT2D eigenvalue weighted by Crippen LogP contribution is 2.30. The maximum absolute atomic E-state index is 12.6. The number of benzene rings is 2. The lowest BCUT2D eigenvalue weighted by Crippen LogP contribution is -2.37. The molecule has 0 spiro atoms. The van der Waals surface area contributed by atoms with Crippen LogP contribution in [0.1, 0.15) is 0 Å². The van der Waals surface area contributed by atoms with E-state index in [9.17, 15) is 14.4 Å². The van der Waals surface area contributed by atoms with Crippen molar-refractivity contribution in [3.05, 3.63) is 65.2 Å². The van der Waals surface area contributed by atoms with Gasteiger partial charge in [-0.25, -0.2) is 15.0 Å². The Kier molecular flexibility index (Phi) is 7.24. The zero-order chi connectivity index (χ0) is 26.6. The maximum atomic E-state index is 12.6. The van der Waals surface area contributed by atoms with Gasteiger partial charge in [-0.15, -0.1) is 16.7 Å². The van der Waals surface area contributed by atoms with Crippen LogP contribution in [0.5, 0.6) is 0 Å². The van der Waals surface area contributed by atoms with Crippen LogP contribution in [0.15, 0.2) is 75.5 Å². The smallest absolute Gasteiger partial charge is 0.272 e. The number of carbonyl (C=O) groups is 3. The third kappa shape index (κ3) is 5.31. The number of fused-ring (bicyclic) bond motifs is 2. The molecule has 0 bridgehead atoms. The molecular weight excluding hydrogens is 533 g/mol. The second kappa shape index (κ2) is 10.9. The lowest BCUT2D eigenvalue weighted by Gasteiger charge is -2.21. The Morgan fingerprint density at radius 2 is 1.95 bits per heavy atom. The number of amides is 3. The molecule has 5 rings (SSSR count).